The summed E-state index contributed by atoms with van der Waals surface area (Å²) in [7, 11) is 0. The molecular formula is C15H16S. The van der Waals surface area contributed by atoms with Crippen molar-refractivity contribution in [2.24, 2.45) is 0 Å². The Morgan fingerprint density at radius 1 is 0.875 bits per heavy atom. The van der Waals surface area contributed by atoms with E-state index in [1.165, 1.54) is 16.0 Å². The van der Waals surface area contributed by atoms with Crippen LogP contribution < -0.4 is 0 Å². The topological polar surface area (TPSA) is 0 Å². The molecule has 0 spiro atoms. The van der Waals surface area contributed by atoms with Crippen molar-refractivity contribution < 1.29 is 0 Å². The van der Waals surface area contributed by atoms with Crippen LogP contribution in [0.3, 0.4) is 0 Å². The van der Waals surface area contributed by atoms with Crippen LogP contribution in [0.2, 0.25) is 0 Å². The lowest BCUT2D eigenvalue weighted by molar-refractivity contribution is 0.895. The minimum Gasteiger partial charge on any atom is -0.129 e. The summed E-state index contributed by atoms with van der Waals surface area (Å²) in [5, 5.41) is 0. The van der Waals surface area contributed by atoms with Crippen molar-refractivity contribution >= 4 is 11.8 Å². The average molecular weight is 228 g/mol. The first-order valence-electron chi connectivity index (χ1n) is 5.51. The van der Waals surface area contributed by atoms with Gasteiger partial charge in [0, 0.05) is 10.8 Å². The van der Waals surface area contributed by atoms with Crippen molar-refractivity contribution in [2.75, 3.05) is 6.26 Å². The summed E-state index contributed by atoms with van der Waals surface area (Å²) >= 11 is 1.82. The third-order valence-corrected chi connectivity index (χ3v) is 3.72. The first kappa shape index (κ1) is 11.3. The van der Waals surface area contributed by atoms with Gasteiger partial charge in [-0.2, -0.15) is 0 Å². The zero-order chi connectivity index (χ0) is 11.4. The predicted octanol–water partition coefficient (Wildman–Crippen LogP) is 4.56. The largest absolute Gasteiger partial charge is 0.129 e. The number of hydrogen-bond donors (Lipinski definition) is 0. The quantitative estimate of drug-likeness (QED) is 0.694. The Labute approximate surface area is 102 Å². The van der Waals surface area contributed by atoms with Crippen LogP contribution in [0.25, 0.3) is 0 Å². The van der Waals surface area contributed by atoms with Gasteiger partial charge in [-0.05, 0) is 23.4 Å². The van der Waals surface area contributed by atoms with Crippen molar-refractivity contribution in [3.8, 4) is 0 Å². The third kappa shape index (κ3) is 2.30. The number of benzene rings is 2. The molecular weight excluding hydrogens is 212 g/mol. The Morgan fingerprint density at radius 3 is 2.19 bits per heavy atom. The molecule has 0 heterocycles. The van der Waals surface area contributed by atoms with Crippen molar-refractivity contribution in [1.29, 1.82) is 0 Å². The summed E-state index contributed by atoms with van der Waals surface area (Å²) in [5.41, 5.74) is 2.80. The van der Waals surface area contributed by atoms with Crippen LogP contribution in [-0.2, 0) is 0 Å². The SMILES string of the molecule is CSc1ccccc1C(C)c1ccccc1. The van der Waals surface area contributed by atoms with E-state index in [2.05, 4.69) is 67.8 Å². The van der Waals surface area contributed by atoms with E-state index in [1.54, 1.807) is 0 Å². The summed E-state index contributed by atoms with van der Waals surface area (Å²) < 4.78 is 0. The van der Waals surface area contributed by atoms with Crippen LogP contribution >= 0.6 is 11.8 Å². The van der Waals surface area contributed by atoms with Gasteiger partial charge in [-0.25, -0.2) is 0 Å². The summed E-state index contributed by atoms with van der Waals surface area (Å²) in [5.74, 6) is 0.463. The molecule has 2 aromatic rings. The van der Waals surface area contributed by atoms with Crippen LogP contribution in [0.1, 0.15) is 24.0 Å². The number of thioether (sulfide) groups is 1. The van der Waals surface area contributed by atoms with Gasteiger partial charge in [0.05, 0.1) is 0 Å². The van der Waals surface area contributed by atoms with Crippen molar-refractivity contribution in [3.05, 3.63) is 65.7 Å². The highest BCUT2D eigenvalue weighted by atomic mass is 32.2. The van der Waals surface area contributed by atoms with Gasteiger partial charge in [0.15, 0.2) is 0 Å². The molecule has 0 N–H and O–H groups in total. The molecule has 1 heteroatoms. The van der Waals surface area contributed by atoms with Crippen molar-refractivity contribution in [2.45, 2.75) is 17.7 Å². The van der Waals surface area contributed by atoms with Crippen molar-refractivity contribution in [3.63, 3.8) is 0 Å². The molecule has 0 aliphatic heterocycles. The fourth-order valence-corrected chi connectivity index (χ4v) is 2.64. The minimum absolute atomic E-state index is 0.463. The van der Waals surface area contributed by atoms with Gasteiger partial charge in [-0.1, -0.05) is 55.5 Å². The van der Waals surface area contributed by atoms with Gasteiger partial charge in [0.25, 0.3) is 0 Å². The van der Waals surface area contributed by atoms with Crippen molar-refractivity contribution in [1.82, 2.24) is 0 Å². The summed E-state index contributed by atoms with van der Waals surface area (Å²) in [6.45, 7) is 2.27. The lowest BCUT2D eigenvalue weighted by Crippen LogP contribution is -1.97. The lowest BCUT2D eigenvalue weighted by Gasteiger charge is -2.15. The molecule has 0 fully saturated rings. The molecule has 82 valence electrons. The van der Waals surface area contributed by atoms with E-state index in [4.69, 9.17) is 0 Å². The maximum absolute atomic E-state index is 2.27. The van der Waals surface area contributed by atoms with Gasteiger partial charge in [-0.15, -0.1) is 11.8 Å². The molecule has 0 amide bonds. The van der Waals surface area contributed by atoms with Crippen LogP contribution in [-0.4, -0.2) is 6.26 Å². The Hall–Kier alpha value is -1.21. The van der Waals surface area contributed by atoms with Crippen LogP contribution in [0.4, 0.5) is 0 Å². The molecule has 2 rings (SSSR count). The zero-order valence-electron chi connectivity index (χ0n) is 9.68. The second kappa shape index (κ2) is 5.22. The number of rotatable bonds is 3. The molecule has 0 nitrogen and oxygen atoms in total. The monoisotopic (exact) mass is 228 g/mol. The van der Waals surface area contributed by atoms with E-state index in [0.717, 1.165) is 0 Å². The van der Waals surface area contributed by atoms with Gasteiger partial charge in [0.2, 0.25) is 0 Å². The summed E-state index contributed by atoms with van der Waals surface area (Å²) in [4.78, 5) is 1.37. The second-order valence-corrected chi connectivity index (χ2v) is 4.72. The molecule has 0 saturated heterocycles. The summed E-state index contributed by atoms with van der Waals surface area (Å²) in [6.07, 6.45) is 2.14. The Bertz CT molecular complexity index is 448. The average Bonchev–Trinajstić information content (AvgIpc) is 2.39. The molecule has 16 heavy (non-hydrogen) atoms. The Balaban J connectivity index is 2.37. The first-order chi connectivity index (χ1) is 7.83. The van der Waals surface area contributed by atoms with E-state index >= 15 is 0 Å². The molecule has 0 aliphatic rings. The molecule has 2 aromatic carbocycles. The normalized spacial score (nSPS) is 12.4. The van der Waals surface area contributed by atoms with Gasteiger partial charge in [0.1, 0.15) is 0 Å². The maximum Gasteiger partial charge on any atom is 0.0107 e. The molecule has 0 saturated carbocycles. The predicted molar refractivity (Wildman–Crippen MR) is 72.2 cm³/mol. The fourth-order valence-electron chi connectivity index (χ4n) is 1.95. The molecule has 0 aliphatic carbocycles. The highest BCUT2D eigenvalue weighted by molar-refractivity contribution is 7.98. The van der Waals surface area contributed by atoms with E-state index in [9.17, 15) is 0 Å². The van der Waals surface area contributed by atoms with Crippen LogP contribution in [0.5, 0.6) is 0 Å². The maximum atomic E-state index is 2.27. The molecule has 0 aromatic heterocycles. The standard InChI is InChI=1S/C15H16S/c1-12(13-8-4-3-5-9-13)14-10-6-7-11-15(14)16-2/h3-12H,1-2H3. The van der Waals surface area contributed by atoms with E-state index in [1.807, 2.05) is 11.8 Å². The zero-order valence-corrected chi connectivity index (χ0v) is 10.5. The third-order valence-electron chi connectivity index (χ3n) is 2.91. The van der Waals surface area contributed by atoms with Gasteiger partial charge < -0.3 is 0 Å². The van der Waals surface area contributed by atoms with E-state index in [0.29, 0.717) is 5.92 Å². The van der Waals surface area contributed by atoms with Crippen LogP contribution in [0, 0.1) is 0 Å². The van der Waals surface area contributed by atoms with Gasteiger partial charge >= 0.3 is 0 Å². The van der Waals surface area contributed by atoms with E-state index < -0.39 is 0 Å². The summed E-state index contributed by atoms with van der Waals surface area (Å²) in [6, 6.07) is 19.3. The smallest absolute Gasteiger partial charge is 0.0107 e. The minimum atomic E-state index is 0.463. The molecule has 0 bridgehead atoms. The molecule has 0 radical (unpaired) electrons. The van der Waals surface area contributed by atoms with Gasteiger partial charge in [-0.3, -0.25) is 0 Å². The Morgan fingerprint density at radius 2 is 1.50 bits per heavy atom. The number of hydrogen-bond acceptors (Lipinski definition) is 1. The fraction of sp³-hybridized carbons (Fsp3) is 0.200. The van der Waals surface area contributed by atoms with Crippen LogP contribution in [0.15, 0.2) is 59.5 Å². The molecule has 1 atom stereocenters. The highest BCUT2D eigenvalue weighted by Crippen LogP contribution is 2.31. The second-order valence-electron chi connectivity index (χ2n) is 3.87. The first-order valence-corrected chi connectivity index (χ1v) is 6.73. The lowest BCUT2D eigenvalue weighted by atomic mass is 9.93. The van der Waals surface area contributed by atoms with E-state index in [-0.39, 0.29) is 0 Å². The highest BCUT2D eigenvalue weighted by Gasteiger charge is 2.10. The molecule has 1 unspecified atom stereocenters. The Kier molecular flexibility index (Phi) is 3.68.